The molecular weight excluding hydrogens is 230 g/mol. The molecule has 0 aliphatic rings. The van der Waals surface area contributed by atoms with Crippen LogP contribution in [0, 0.1) is 23.0 Å². The Morgan fingerprint density at radius 2 is 1.94 bits per heavy atom. The molecule has 0 saturated heterocycles. The summed E-state index contributed by atoms with van der Waals surface area (Å²) in [5, 5.41) is 8.56. The van der Waals surface area contributed by atoms with Crippen molar-refractivity contribution in [3.63, 3.8) is 0 Å². The zero-order valence-corrected chi connectivity index (χ0v) is 9.94. The van der Waals surface area contributed by atoms with Crippen LogP contribution in [0.25, 0.3) is 0 Å². The second-order valence-electron chi connectivity index (χ2n) is 3.31. The van der Waals surface area contributed by atoms with Crippen molar-refractivity contribution in [2.45, 2.75) is 0 Å². The fourth-order valence-corrected chi connectivity index (χ4v) is 1.79. The number of anilines is 1. The lowest BCUT2D eigenvalue weighted by atomic mass is 10.2. The summed E-state index contributed by atoms with van der Waals surface area (Å²) in [5.74, 6) is -0.602. The van der Waals surface area contributed by atoms with Crippen LogP contribution in [0.15, 0.2) is 12.1 Å². The third-order valence-electron chi connectivity index (χ3n) is 2.16. The number of nitrogens with zero attached hydrogens (tertiary/aromatic N) is 2. The number of hydrogen-bond donors (Lipinski definition) is 0. The molecule has 0 unspecified atom stereocenters. The van der Waals surface area contributed by atoms with Crippen LogP contribution in [0.1, 0.15) is 5.56 Å². The van der Waals surface area contributed by atoms with Gasteiger partial charge in [0.1, 0.15) is 5.69 Å². The van der Waals surface area contributed by atoms with Gasteiger partial charge in [0.25, 0.3) is 0 Å². The van der Waals surface area contributed by atoms with Crippen LogP contribution in [0.2, 0.25) is 0 Å². The monoisotopic (exact) mass is 242 g/mol. The summed E-state index contributed by atoms with van der Waals surface area (Å²) < 4.78 is 27.1. The van der Waals surface area contributed by atoms with Crippen molar-refractivity contribution in [1.29, 1.82) is 5.26 Å². The number of hydrogen-bond acceptors (Lipinski definition) is 3. The van der Waals surface area contributed by atoms with Crippen molar-refractivity contribution in [2.75, 3.05) is 30.5 Å². The average molecular weight is 242 g/mol. The van der Waals surface area contributed by atoms with Gasteiger partial charge in [0.2, 0.25) is 0 Å². The van der Waals surface area contributed by atoms with Crippen LogP contribution >= 0.6 is 11.8 Å². The molecule has 0 atom stereocenters. The van der Waals surface area contributed by atoms with Crippen molar-refractivity contribution >= 4 is 17.4 Å². The van der Waals surface area contributed by atoms with Gasteiger partial charge in [-0.1, -0.05) is 0 Å². The molecule has 1 aromatic rings. The Morgan fingerprint density at radius 1 is 1.38 bits per heavy atom. The smallest absolute Gasteiger partial charge is 0.150 e. The lowest BCUT2D eigenvalue weighted by Gasteiger charge is -2.20. The quantitative estimate of drug-likeness (QED) is 0.812. The van der Waals surface area contributed by atoms with Crippen molar-refractivity contribution < 1.29 is 8.78 Å². The average Bonchev–Trinajstić information content (AvgIpc) is 2.25. The highest BCUT2D eigenvalue weighted by Crippen LogP contribution is 2.23. The largest absolute Gasteiger partial charge is 0.369 e. The minimum absolute atomic E-state index is 0.00276. The number of rotatable bonds is 4. The highest BCUT2D eigenvalue weighted by molar-refractivity contribution is 7.98. The van der Waals surface area contributed by atoms with E-state index in [1.165, 1.54) is 4.90 Å². The van der Waals surface area contributed by atoms with E-state index in [1.807, 2.05) is 6.26 Å². The Labute approximate surface area is 97.9 Å². The predicted molar refractivity (Wildman–Crippen MR) is 62.7 cm³/mol. The zero-order valence-electron chi connectivity index (χ0n) is 9.13. The maximum Gasteiger partial charge on any atom is 0.150 e. The van der Waals surface area contributed by atoms with Crippen molar-refractivity contribution in [2.24, 2.45) is 0 Å². The van der Waals surface area contributed by atoms with Gasteiger partial charge in [-0.05, 0) is 18.4 Å². The van der Waals surface area contributed by atoms with E-state index in [-0.39, 0.29) is 11.3 Å². The molecule has 16 heavy (non-hydrogen) atoms. The summed E-state index contributed by atoms with van der Waals surface area (Å²) >= 11 is 1.61. The van der Waals surface area contributed by atoms with Crippen LogP contribution < -0.4 is 4.90 Å². The van der Waals surface area contributed by atoms with E-state index in [0.717, 1.165) is 17.9 Å². The standard InChI is InChI=1S/C11H12F2N2S/c1-15(3-4-16-2)11-9(12)5-8(7-14)6-10(11)13/h5-6H,3-4H2,1-2H3. The summed E-state index contributed by atoms with van der Waals surface area (Å²) in [6, 6.07) is 3.81. The second-order valence-corrected chi connectivity index (χ2v) is 4.30. The number of nitriles is 1. The summed E-state index contributed by atoms with van der Waals surface area (Å²) in [6.07, 6.45) is 1.93. The molecule has 86 valence electrons. The Morgan fingerprint density at radius 3 is 2.38 bits per heavy atom. The van der Waals surface area contributed by atoms with E-state index in [2.05, 4.69) is 0 Å². The van der Waals surface area contributed by atoms with Crippen molar-refractivity contribution in [3.8, 4) is 6.07 Å². The molecule has 0 N–H and O–H groups in total. The molecule has 0 spiro atoms. The highest BCUT2D eigenvalue weighted by atomic mass is 32.2. The van der Waals surface area contributed by atoms with Crippen LogP contribution in [0.4, 0.5) is 14.5 Å². The molecule has 1 aromatic carbocycles. The molecule has 2 nitrogen and oxygen atoms in total. The van der Waals surface area contributed by atoms with E-state index in [9.17, 15) is 8.78 Å². The van der Waals surface area contributed by atoms with E-state index < -0.39 is 11.6 Å². The molecule has 0 bridgehead atoms. The summed E-state index contributed by atoms with van der Waals surface area (Å²) in [5.41, 5.74) is -0.0786. The zero-order chi connectivity index (χ0) is 12.1. The maximum absolute atomic E-state index is 13.5. The third kappa shape index (κ3) is 2.86. The van der Waals surface area contributed by atoms with Crippen LogP contribution in [0.5, 0.6) is 0 Å². The van der Waals surface area contributed by atoms with Gasteiger partial charge < -0.3 is 4.90 Å². The van der Waals surface area contributed by atoms with E-state index in [0.29, 0.717) is 6.54 Å². The Hall–Kier alpha value is -1.28. The normalized spacial score (nSPS) is 9.94. The van der Waals surface area contributed by atoms with Gasteiger partial charge in [0, 0.05) is 19.3 Å². The first-order chi connectivity index (χ1) is 7.60. The first-order valence-electron chi connectivity index (χ1n) is 4.69. The summed E-state index contributed by atoms with van der Waals surface area (Å²) in [6.45, 7) is 0.556. The fourth-order valence-electron chi connectivity index (χ4n) is 1.33. The lowest BCUT2D eigenvalue weighted by molar-refractivity contribution is 0.578. The molecular formula is C11H12F2N2S. The first kappa shape index (κ1) is 12.8. The van der Waals surface area contributed by atoms with Crippen molar-refractivity contribution in [3.05, 3.63) is 29.3 Å². The molecule has 0 aliphatic heterocycles. The molecule has 0 radical (unpaired) electrons. The molecule has 0 amide bonds. The number of thioether (sulfide) groups is 1. The summed E-state index contributed by atoms with van der Waals surface area (Å²) in [4.78, 5) is 1.52. The molecule has 0 saturated carbocycles. The molecule has 0 aromatic heterocycles. The number of halogens is 2. The lowest BCUT2D eigenvalue weighted by Crippen LogP contribution is -2.22. The first-order valence-corrected chi connectivity index (χ1v) is 6.08. The Kier molecular flexibility index (Phi) is 4.56. The van der Waals surface area contributed by atoms with Crippen molar-refractivity contribution in [1.82, 2.24) is 0 Å². The summed E-state index contributed by atoms with van der Waals surface area (Å²) in [7, 11) is 1.63. The minimum Gasteiger partial charge on any atom is -0.369 e. The van der Waals surface area contributed by atoms with E-state index in [1.54, 1.807) is 24.9 Å². The predicted octanol–water partition coefficient (Wildman–Crippen LogP) is 2.64. The Balaban J connectivity index is 3.01. The molecule has 0 aliphatic carbocycles. The van der Waals surface area contributed by atoms with E-state index >= 15 is 0 Å². The van der Waals surface area contributed by atoms with Gasteiger partial charge >= 0.3 is 0 Å². The molecule has 0 heterocycles. The molecule has 0 fully saturated rings. The SMILES string of the molecule is CSCCN(C)c1c(F)cc(C#N)cc1F. The second kappa shape index (κ2) is 5.71. The third-order valence-corrected chi connectivity index (χ3v) is 2.75. The number of benzene rings is 1. The maximum atomic E-state index is 13.5. The van der Waals surface area contributed by atoms with Gasteiger partial charge in [-0.15, -0.1) is 0 Å². The minimum atomic E-state index is -0.694. The van der Waals surface area contributed by atoms with Crippen LogP contribution in [-0.2, 0) is 0 Å². The van der Waals surface area contributed by atoms with Gasteiger partial charge in [0.15, 0.2) is 11.6 Å². The molecule has 5 heteroatoms. The topological polar surface area (TPSA) is 27.0 Å². The Bertz CT molecular complexity index is 392. The molecule has 1 rings (SSSR count). The highest BCUT2D eigenvalue weighted by Gasteiger charge is 2.14. The van der Waals surface area contributed by atoms with Gasteiger partial charge in [0.05, 0.1) is 11.6 Å². The van der Waals surface area contributed by atoms with Gasteiger partial charge in [-0.25, -0.2) is 8.78 Å². The van der Waals surface area contributed by atoms with E-state index in [4.69, 9.17) is 5.26 Å². The van der Waals surface area contributed by atoms with Gasteiger partial charge in [-0.2, -0.15) is 17.0 Å². The van der Waals surface area contributed by atoms with Crippen LogP contribution in [-0.4, -0.2) is 25.6 Å². The van der Waals surface area contributed by atoms with Crippen LogP contribution in [0.3, 0.4) is 0 Å². The fraction of sp³-hybridized carbons (Fsp3) is 0.364. The van der Waals surface area contributed by atoms with Gasteiger partial charge in [-0.3, -0.25) is 0 Å².